The van der Waals surface area contributed by atoms with E-state index in [0.29, 0.717) is 0 Å². The zero-order valence-electron chi connectivity index (χ0n) is 6.93. The highest BCUT2D eigenvalue weighted by Crippen LogP contribution is 2.06. The molecule has 60 valence electrons. The maximum Gasteiger partial charge on any atom is 0.148 e. The van der Waals surface area contributed by atoms with E-state index in [0.717, 1.165) is 0 Å². The number of nitrogens with zero attached hydrogens (tertiary/aromatic N) is 1. The molecule has 0 saturated carbocycles. The minimum Gasteiger partial charge on any atom is -0.314 e. The highest BCUT2D eigenvalue weighted by molar-refractivity contribution is 4.81. The summed E-state index contributed by atoms with van der Waals surface area (Å²) in [7, 11) is 0. The van der Waals surface area contributed by atoms with Crippen molar-refractivity contribution in [1.82, 2.24) is 5.32 Å². The number of hydrogen-bond donors (Lipinski definition) is 2. The molecule has 0 atom stereocenters. The first-order chi connectivity index (χ1) is 4.27. The number of hydrogen-bond acceptors (Lipinski definition) is 4. The molecule has 4 nitrogen and oxygen atoms in total. The Morgan fingerprint density at radius 2 is 1.70 bits per heavy atom. The largest absolute Gasteiger partial charge is 0.314 e. The van der Waals surface area contributed by atoms with Gasteiger partial charge in [-0.1, -0.05) is 0 Å². The minimum atomic E-state index is -0.780. The van der Waals surface area contributed by atoms with Crippen molar-refractivity contribution in [3.63, 3.8) is 0 Å². The third-order valence-corrected chi connectivity index (χ3v) is 0.856. The van der Waals surface area contributed by atoms with Gasteiger partial charge in [-0.15, -0.1) is 4.91 Å². The predicted octanol–water partition coefficient (Wildman–Crippen LogP) is 0.773. The SMILES string of the molecule is CC(C)(N)NC(C)(C)N=O. The van der Waals surface area contributed by atoms with Gasteiger partial charge < -0.3 is 5.73 Å². The topological polar surface area (TPSA) is 67.5 Å². The van der Waals surface area contributed by atoms with Gasteiger partial charge in [-0.25, -0.2) is 0 Å². The third kappa shape index (κ3) is 4.40. The Kier molecular flexibility index (Phi) is 2.51. The number of nitrogens with two attached hydrogens (primary N) is 1. The van der Waals surface area contributed by atoms with E-state index in [1.165, 1.54) is 0 Å². The van der Waals surface area contributed by atoms with E-state index < -0.39 is 11.3 Å². The van der Waals surface area contributed by atoms with Gasteiger partial charge in [0.05, 0.1) is 5.66 Å². The van der Waals surface area contributed by atoms with Crippen LogP contribution in [-0.4, -0.2) is 11.3 Å². The molecule has 10 heavy (non-hydrogen) atoms. The van der Waals surface area contributed by atoms with Crippen molar-refractivity contribution in [2.45, 2.75) is 39.0 Å². The van der Waals surface area contributed by atoms with E-state index in [9.17, 15) is 4.91 Å². The molecule has 0 aromatic carbocycles. The first kappa shape index (κ1) is 9.52. The van der Waals surface area contributed by atoms with Gasteiger partial charge in [0.25, 0.3) is 0 Å². The molecule has 0 aromatic rings. The van der Waals surface area contributed by atoms with E-state index in [1.807, 2.05) is 0 Å². The summed E-state index contributed by atoms with van der Waals surface area (Å²) in [5.41, 5.74) is 4.25. The Bertz CT molecular complexity index is 125. The van der Waals surface area contributed by atoms with E-state index >= 15 is 0 Å². The van der Waals surface area contributed by atoms with Crippen molar-refractivity contribution < 1.29 is 0 Å². The number of nitrogens with one attached hydrogen (secondary N) is 1. The van der Waals surface area contributed by atoms with Gasteiger partial charge in [-0.05, 0) is 32.9 Å². The quantitative estimate of drug-likeness (QED) is 0.455. The molecule has 0 aromatic heterocycles. The Labute approximate surface area is 61.1 Å². The molecule has 0 aliphatic rings. The van der Waals surface area contributed by atoms with Gasteiger partial charge in [-0.2, -0.15) is 0 Å². The lowest BCUT2D eigenvalue weighted by Crippen LogP contribution is -2.56. The third-order valence-electron chi connectivity index (χ3n) is 0.856. The molecule has 0 heterocycles. The van der Waals surface area contributed by atoms with E-state index in [1.54, 1.807) is 27.7 Å². The van der Waals surface area contributed by atoms with Crippen LogP contribution >= 0.6 is 0 Å². The molecule has 0 bridgehead atoms. The summed E-state index contributed by atoms with van der Waals surface area (Å²) in [5, 5.41) is 5.71. The Morgan fingerprint density at radius 1 is 1.30 bits per heavy atom. The molecule has 3 N–H and O–H groups in total. The van der Waals surface area contributed by atoms with Crippen LogP contribution in [0.4, 0.5) is 0 Å². The average Bonchev–Trinajstić information content (AvgIpc) is 1.60. The fraction of sp³-hybridized carbons (Fsp3) is 1.00. The molecular formula is C6H15N3O. The Hall–Kier alpha value is -0.480. The lowest BCUT2D eigenvalue weighted by molar-refractivity contribution is 0.278. The van der Waals surface area contributed by atoms with Crippen LogP contribution in [0.5, 0.6) is 0 Å². The lowest BCUT2D eigenvalue weighted by atomic mass is 10.2. The van der Waals surface area contributed by atoms with E-state index in [4.69, 9.17) is 5.73 Å². The molecule has 0 saturated heterocycles. The van der Waals surface area contributed by atoms with Crippen LogP contribution in [0, 0.1) is 4.91 Å². The first-order valence-corrected chi connectivity index (χ1v) is 3.19. The van der Waals surface area contributed by atoms with Crippen molar-refractivity contribution >= 4 is 0 Å². The van der Waals surface area contributed by atoms with Gasteiger partial charge in [0.2, 0.25) is 0 Å². The summed E-state index contributed by atoms with van der Waals surface area (Å²) >= 11 is 0. The van der Waals surface area contributed by atoms with Crippen molar-refractivity contribution in [1.29, 1.82) is 0 Å². The molecule has 0 radical (unpaired) electrons. The summed E-state index contributed by atoms with van der Waals surface area (Å²) in [4.78, 5) is 10.1. The number of nitroso groups, excluding NO2 is 1. The fourth-order valence-electron chi connectivity index (χ4n) is 0.811. The van der Waals surface area contributed by atoms with Crippen molar-refractivity contribution in [3.05, 3.63) is 4.91 Å². The fourth-order valence-corrected chi connectivity index (χ4v) is 0.811. The molecule has 0 aliphatic heterocycles. The monoisotopic (exact) mass is 145 g/mol. The second kappa shape index (κ2) is 2.64. The molecule has 4 heteroatoms. The van der Waals surface area contributed by atoms with Crippen molar-refractivity contribution in [2.24, 2.45) is 10.9 Å². The minimum absolute atomic E-state index is 0.558. The van der Waals surface area contributed by atoms with Crippen LogP contribution in [-0.2, 0) is 0 Å². The summed E-state index contributed by atoms with van der Waals surface area (Å²) in [6.07, 6.45) is 0. The van der Waals surface area contributed by atoms with Crippen LogP contribution in [0.25, 0.3) is 0 Å². The first-order valence-electron chi connectivity index (χ1n) is 3.19. The van der Waals surface area contributed by atoms with Crippen LogP contribution in [0.2, 0.25) is 0 Å². The zero-order chi connectivity index (χ0) is 8.41. The van der Waals surface area contributed by atoms with Crippen molar-refractivity contribution in [2.75, 3.05) is 0 Å². The molecular weight excluding hydrogens is 130 g/mol. The Balaban J connectivity index is 4.01. The summed E-state index contributed by atoms with van der Waals surface area (Å²) < 4.78 is 0. The molecule has 0 amide bonds. The van der Waals surface area contributed by atoms with Gasteiger partial charge >= 0.3 is 0 Å². The van der Waals surface area contributed by atoms with Crippen LogP contribution < -0.4 is 11.1 Å². The molecule has 0 spiro atoms. The normalized spacial score (nSPS) is 13.3. The summed E-state index contributed by atoms with van der Waals surface area (Å²) in [5.74, 6) is 0. The second-order valence-electron chi connectivity index (χ2n) is 3.50. The maximum atomic E-state index is 10.1. The smallest absolute Gasteiger partial charge is 0.148 e. The predicted molar refractivity (Wildman–Crippen MR) is 41.3 cm³/mol. The van der Waals surface area contributed by atoms with Gasteiger partial charge in [0, 0.05) is 0 Å². The van der Waals surface area contributed by atoms with Gasteiger partial charge in [0.15, 0.2) is 0 Å². The number of rotatable bonds is 3. The highest BCUT2D eigenvalue weighted by Gasteiger charge is 2.24. The summed E-state index contributed by atoms with van der Waals surface area (Å²) in [6.45, 7) is 6.91. The Morgan fingerprint density at radius 3 is 1.80 bits per heavy atom. The molecule has 0 aliphatic carbocycles. The zero-order valence-corrected chi connectivity index (χ0v) is 6.93. The van der Waals surface area contributed by atoms with Crippen LogP contribution in [0.15, 0.2) is 5.18 Å². The van der Waals surface area contributed by atoms with E-state index in [2.05, 4.69) is 10.5 Å². The maximum absolute atomic E-state index is 10.1. The van der Waals surface area contributed by atoms with Gasteiger partial charge in [-0.3, -0.25) is 5.32 Å². The standard InChI is InChI=1S/C6H15N3O/c1-5(2,7)8-6(3,4)9-10/h8H,7H2,1-4H3. The molecule has 0 fully saturated rings. The van der Waals surface area contributed by atoms with E-state index in [-0.39, 0.29) is 0 Å². The second-order valence-corrected chi connectivity index (χ2v) is 3.50. The van der Waals surface area contributed by atoms with Gasteiger partial charge in [0.1, 0.15) is 5.66 Å². The molecule has 0 unspecified atom stereocenters. The van der Waals surface area contributed by atoms with Crippen LogP contribution in [0.3, 0.4) is 0 Å². The summed E-state index contributed by atoms with van der Waals surface area (Å²) in [6, 6.07) is 0. The lowest BCUT2D eigenvalue weighted by Gasteiger charge is -2.28. The average molecular weight is 145 g/mol. The van der Waals surface area contributed by atoms with Crippen molar-refractivity contribution in [3.8, 4) is 0 Å². The molecule has 0 rings (SSSR count). The highest BCUT2D eigenvalue weighted by atomic mass is 16.3. The van der Waals surface area contributed by atoms with Crippen LogP contribution in [0.1, 0.15) is 27.7 Å².